The van der Waals surface area contributed by atoms with Gasteiger partial charge in [0.2, 0.25) is 15.8 Å². The lowest BCUT2D eigenvalue weighted by Gasteiger charge is -2.03. The van der Waals surface area contributed by atoms with Crippen LogP contribution in [0.1, 0.15) is 10.6 Å². The third kappa shape index (κ3) is 2.30. The van der Waals surface area contributed by atoms with Gasteiger partial charge in [-0.15, -0.1) is 0 Å². The SMILES string of the molecule is COC(=O)c1oc2ccccc2c1NS(C)(=O)=O. The molecule has 2 aromatic rings. The predicted octanol–water partition coefficient (Wildman–Crippen LogP) is 1.59. The van der Waals surface area contributed by atoms with Crippen LogP contribution in [0.5, 0.6) is 0 Å². The lowest BCUT2D eigenvalue weighted by atomic mass is 10.2. The summed E-state index contributed by atoms with van der Waals surface area (Å²) in [6, 6.07) is 6.72. The Bertz CT molecular complexity index is 701. The Morgan fingerprint density at radius 2 is 2.00 bits per heavy atom. The van der Waals surface area contributed by atoms with Crippen molar-refractivity contribution in [3.63, 3.8) is 0 Å². The molecule has 1 aromatic carbocycles. The van der Waals surface area contributed by atoms with Gasteiger partial charge >= 0.3 is 5.97 Å². The number of rotatable bonds is 3. The maximum absolute atomic E-state index is 11.5. The molecule has 0 aliphatic heterocycles. The normalized spacial score (nSPS) is 11.4. The molecule has 0 radical (unpaired) electrons. The summed E-state index contributed by atoms with van der Waals surface area (Å²) in [7, 11) is -2.33. The molecule has 0 aliphatic rings. The van der Waals surface area contributed by atoms with Gasteiger partial charge in [-0.2, -0.15) is 0 Å². The number of nitrogens with one attached hydrogen (secondary N) is 1. The van der Waals surface area contributed by atoms with Gasteiger partial charge < -0.3 is 9.15 Å². The van der Waals surface area contributed by atoms with Gasteiger partial charge in [0.05, 0.1) is 13.4 Å². The molecule has 18 heavy (non-hydrogen) atoms. The quantitative estimate of drug-likeness (QED) is 0.855. The first-order chi connectivity index (χ1) is 8.42. The lowest BCUT2D eigenvalue weighted by molar-refractivity contribution is 0.0569. The van der Waals surface area contributed by atoms with Crippen LogP contribution in [0.3, 0.4) is 0 Å². The number of carbonyl (C=O) groups excluding carboxylic acids is 1. The smallest absolute Gasteiger partial charge is 0.376 e. The summed E-state index contributed by atoms with van der Waals surface area (Å²) in [5, 5.41) is 0.503. The van der Waals surface area contributed by atoms with E-state index in [0.29, 0.717) is 11.0 Å². The summed E-state index contributed by atoms with van der Waals surface area (Å²) in [6.07, 6.45) is 0.996. The highest BCUT2D eigenvalue weighted by Crippen LogP contribution is 2.31. The molecule has 0 atom stereocenters. The maximum Gasteiger partial charge on any atom is 0.376 e. The van der Waals surface area contributed by atoms with Gasteiger partial charge in [0.1, 0.15) is 11.3 Å². The van der Waals surface area contributed by atoms with Crippen molar-refractivity contribution in [2.75, 3.05) is 18.1 Å². The predicted molar refractivity (Wildman–Crippen MR) is 66.0 cm³/mol. The van der Waals surface area contributed by atoms with Crippen molar-refractivity contribution in [1.82, 2.24) is 0 Å². The molecule has 1 N–H and O–H groups in total. The highest BCUT2D eigenvalue weighted by molar-refractivity contribution is 7.92. The first kappa shape index (κ1) is 12.4. The van der Waals surface area contributed by atoms with Gasteiger partial charge in [-0.1, -0.05) is 12.1 Å². The molecule has 6 nitrogen and oxygen atoms in total. The van der Waals surface area contributed by atoms with Crippen LogP contribution in [0.2, 0.25) is 0 Å². The van der Waals surface area contributed by atoms with Crippen molar-refractivity contribution in [3.8, 4) is 0 Å². The topological polar surface area (TPSA) is 85.6 Å². The Balaban J connectivity index is 2.69. The largest absolute Gasteiger partial charge is 0.463 e. The van der Waals surface area contributed by atoms with Crippen LogP contribution in [0.15, 0.2) is 28.7 Å². The molecule has 0 saturated heterocycles. The molecule has 0 spiro atoms. The molecule has 0 bridgehead atoms. The summed E-state index contributed by atoms with van der Waals surface area (Å²) in [4.78, 5) is 11.5. The number of carbonyl (C=O) groups is 1. The van der Waals surface area contributed by atoms with Gasteiger partial charge in [-0.3, -0.25) is 4.72 Å². The highest BCUT2D eigenvalue weighted by atomic mass is 32.2. The van der Waals surface area contributed by atoms with Crippen molar-refractivity contribution >= 4 is 32.6 Å². The van der Waals surface area contributed by atoms with Crippen molar-refractivity contribution < 1.29 is 22.4 Å². The maximum atomic E-state index is 11.5. The number of para-hydroxylation sites is 1. The first-order valence-electron chi connectivity index (χ1n) is 5.00. The number of benzene rings is 1. The summed E-state index contributed by atoms with van der Waals surface area (Å²) in [6.45, 7) is 0. The molecule has 7 heteroatoms. The van der Waals surface area contributed by atoms with E-state index in [9.17, 15) is 13.2 Å². The van der Waals surface area contributed by atoms with E-state index in [0.717, 1.165) is 6.26 Å². The van der Waals surface area contributed by atoms with Gasteiger partial charge in [0, 0.05) is 5.39 Å². The Morgan fingerprint density at radius 3 is 2.61 bits per heavy atom. The van der Waals surface area contributed by atoms with E-state index in [1.807, 2.05) is 0 Å². The van der Waals surface area contributed by atoms with E-state index >= 15 is 0 Å². The van der Waals surface area contributed by atoms with Crippen LogP contribution in [0, 0.1) is 0 Å². The number of esters is 1. The minimum Gasteiger partial charge on any atom is -0.463 e. The molecule has 96 valence electrons. The van der Waals surface area contributed by atoms with Crippen LogP contribution in [-0.2, 0) is 14.8 Å². The van der Waals surface area contributed by atoms with Gasteiger partial charge in [0.25, 0.3) is 0 Å². The Hall–Kier alpha value is -2.02. The zero-order valence-electron chi connectivity index (χ0n) is 9.76. The van der Waals surface area contributed by atoms with Gasteiger partial charge in [-0.25, -0.2) is 13.2 Å². The van der Waals surface area contributed by atoms with E-state index in [1.165, 1.54) is 7.11 Å². The summed E-state index contributed by atoms with van der Waals surface area (Å²) in [5.74, 6) is -0.901. The third-order valence-electron chi connectivity index (χ3n) is 2.25. The zero-order chi connectivity index (χ0) is 13.3. The molecule has 0 unspecified atom stereocenters. The monoisotopic (exact) mass is 269 g/mol. The Kier molecular flexibility index (Phi) is 3.00. The number of furan rings is 1. The number of sulfonamides is 1. The Labute approximate surface area is 104 Å². The van der Waals surface area contributed by atoms with E-state index in [1.54, 1.807) is 24.3 Å². The van der Waals surface area contributed by atoms with E-state index < -0.39 is 16.0 Å². The van der Waals surface area contributed by atoms with Crippen molar-refractivity contribution in [2.24, 2.45) is 0 Å². The highest BCUT2D eigenvalue weighted by Gasteiger charge is 2.23. The van der Waals surface area contributed by atoms with E-state index in [-0.39, 0.29) is 11.4 Å². The second-order valence-corrected chi connectivity index (χ2v) is 5.42. The molecule has 0 amide bonds. The molecule has 1 aromatic heterocycles. The number of hydrogen-bond donors (Lipinski definition) is 1. The van der Waals surface area contributed by atoms with Crippen LogP contribution in [0.4, 0.5) is 5.69 Å². The third-order valence-corrected chi connectivity index (χ3v) is 2.83. The summed E-state index contributed by atoms with van der Waals surface area (Å²) < 4.78 is 34.7. The van der Waals surface area contributed by atoms with Gasteiger partial charge in [-0.05, 0) is 12.1 Å². The van der Waals surface area contributed by atoms with Gasteiger partial charge in [0.15, 0.2) is 0 Å². The first-order valence-corrected chi connectivity index (χ1v) is 6.89. The number of ether oxygens (including phenoxy) is 1. The molecule has 0 aliphatic carbocycles. The standard InChI is InChI=1S/C11H11NO5S/c1-16-11(13)10-9(12-18(2,14)15)7-5-3-4-6-8(7)17-10/h3-6,12H,1-2H3. The molecule has 0 fully saturated rings. The average molecular weight is 269 g/mol. The fourth-order valence-electron chi connectivity index (χ4n) is 1.57. The molecular weight excluding hydrogens is 258 g/mol. The van der Waals surface area contributed by atoms with Crippen LogP contribution in [0.25, 0.3) is 11.0 Å². The Morgan fingerprint density at radius 1 is 1.33 bits per heavy atom. The summed E-state index contributed by atoms with van der Waals surface area (Å²) in [5.41, 5.74) is 0.504. The molecule has 0 saturated carbocycles. The van der Waals surface area contributed by atoms with Crippen LogP contribution in [-0.4, -0.2) is 27.8 Å². The minimum atomic E-state index is -3.52. The van der Waals surface area contributed by atoms with Crippen LogP contribution < -0.4 is 4.72 Å². The zero-order valence-corrected chi connectivity index (χ0v) is 10.6. The van der Waals surface area contributed by atoms with Crippen LogP contribution >= 0.6 is 0 Å². The molecular formula is C11H11NO5S. The van der Waals surface area contributed by atoms with E-state index in [4.69, 9.17) is 4.42 Å². The second-order valence-electron chi connectivity index (χ2n) is 3.67. The van der Waals surface area contributed by atoms with Crippen molar-refractivity contribution in [3.05, 3.63) is 30.0 Å². The fourth-order valence-corrected chi connectivity index (χ4v) is 2.14. The van der Waals surface area contributed by atoms with E-state index in [2.05, 4.69) is 9.46 Å². The number of fused-ring (bicyclic) bond motifs is 1. The minimum absolute atomic E-state index is 0.0972. The number of hydrogen-bond acceptors (Lipinski definition) is 5. The molecule has 1 heterocycles. The number of anilines is 1. The lowest BCUT2D eigenvalue weighted by Crippen LogP contribution is -2.12. The second kappa shape index (κ2) is 4.34. The molecule has 2 rings (SSSR count). The van der Waals surface area contributed by atoms with Crippen molar-refractivity contribution in [2.45, 2.75) is 0 Å². The summed E-state index contributed by atoms with van der Waals surface area (Å²) >= 11 is 0. The average Bonchev–Trinajstić information content (AvgIpc) is 2.65. The number of methoxy groups -OCH3 is 1. The fraction of sp³-hybridized carbons (Fsp3) is 0.182. The van der Waals surface area contributed by atoms with Crippen molar-refractivity contribution in [1.29, 1.82) is 0 Å².